The quantitative estimate of drug-likeness (QED) is 0.846. The zero-order valence-corrected chi connectivity index (χ0v) is 9.08. The molecule has 84 valence electrons. The lowest BCUT2D eigenvalue weighted by Gasteiger charge is -2.03. The van der Waals surface area contributed by atoms with Crippen molar-refractivity contribution < 1.29 is 9.90 Å². The predicted octanol–water partition coefficient (Wildman–Crippen LogP) is 1.66. The van der Waals surface area contributed by atoms with E-state index in [2.05, 4.69) is 11.2 Å². The average molecular weight is 227 g/mol. The monoisotopic (exact) mass is 227 g/mol. The van der Waals surface area contributed by atoms with Crippen molar-refractivity contribution >= 4 is 5.97 Å². The highest BCUT2D eigenvalue weighted by molar-refractivity contribution is 5.87. The van der Waals surface area contributed by atoms with Crippen molar-refractivity contribution in [3.05, 3.63) is 41.6 Å². The zero-order chi connectivity index (χ0) is 12.4. The second-order valence-corrected chi connectivity index (χ2v) is 3.50. The van der Waals surface area contributed by atoms with Gasteiger partial charge in [0.05, 0.1) is 17.3 Å². The van der Waals surface area contributed by atoms with Gasteiger partial charge in [-0.05, 0) is 12.1 Å². The van der Waals surface area contributed by atoms with Crippen LogP contribution in [-0.2, 0) is 7.05 Å². The number of aryl methyl sites for hydroxylation is 1. The molecule has 2 aromatic rings. The molecule has 0 fully saturated rings. The Morgan fingerprint density at radius 1 is 1.47 bits per heavy atom. The topological polar surface area (TPSA) is 78.9 Å². The van der Waals surface area contributed by atoms with Crippen molar-refractivity contribution in [1.82, 2.24) is 9.78 Å². The molecule has 0 spiro atoms. The lowest BCUT2D eigenvalue weighted by molar-refractivity contribution is 0.0689. The fourth-order valence-corrected chi connectivity index (χ4v) is 1.63. The molecule has 17 heavy (non-hydrogen) atoms. The fraction of sp³-hybridized carbons (Fsp3) is 0.0833. The van der Waals surface area contributed by atoms with E-state index in [4.69, 9.17) is 10.4 Å². The molecule has 1 aromatic heterocycles. The molecule has 0 aliphatic rings. The first-order valence-electron chi connectivity index (χ1n) is 4.90. The zero-order valence-electron chi connectivity index (χ0n) is 9.08. The first-order valence-corrected chi connectivity index (χ1v) is 4.90. The van der Waals surface area contributed by atoms with Crippen LogP contribution in [0.3, 0.4) is 0 Å². The van der Waals surface area contributed by atoms with Crippen LogP contribution in [0.5, 0.6) is 0 Å². The van der Waals surface area contributed by atoms with Crippen LogP contribution in [0.1, 0.15) is 16.1 Å². The van der Waals surface area contributed by atoms with E-state index in [1.165, 1.54) is 10.7 Å². The van der Waals surface area contributed by atoms with Gasteiger partial charge in [-0.25, -0.2) is 4.79 Å². The number of carboxylic acids is 1. The van der Waals surface area contributed by atoms with Crippen molar-refractivity contribution in [1.29, 1.82) is 5.26 Å². The second-order valence-electron chi connectivity index (χ2n) is 3.50. The van der Waals surface area contributed by atoms with E-state index in [-0.39, 0.29) is 5.69 Å². The molecule has 5 heteroatoms. The van der Waals surface area contributed by atoms with Crippen LogP contribution in [-0.4, -0.2) is 20.9 Å². The van der Waals surface area contributed by atoms with Gasteiger partial charge in [0.2, 0.25) is 0 Å². The molecule has 1 N–H and O–H groups in total. The van der Waals surface area contributed by atoms with Gasteiger partial charge in [-0.3, -0.25) is 4.68 Å². The molecule has 0 radical (unpaired) electrons. The van der Waals surface area contributed by atoms with Crippen LogP contribution in [0.25, 0.3) is 11.3 Å². The highest BCUT2D eigenvalue weighted by Gasteiger charge is 2.14. The number of aromatic nitrogens is 2. The van der Waals surface area contributed by atoms with Gasteiger partial charge in [-0.15, -0.1) is 0 Å². The number of carbonyl (C=O) groups is 1. The van der Waals surface area contributed by atoms with Crippen molar-refractivity contribution in [2.45, 2.75) is 0 Å². The van der Waals surface area contributed by atoms with Crippen molar-refractivity contribution in [2.75, 3.05) is 0 Å². The van der Waals surface area contributed by atoms with Crippen LogP contribution >= 0.6 is 0 Å². The first kappa shape index (κ1) is 10.9. The number of benzene rings is 1. The Hall–Kier alpha value is -2.61. The number of rotatable bonds is 2. The summed E-state index contributed by atoms with van der Waals surface area (Å²) in [6.07, 6.45) is 0. The molecule has 5 nitrogen and oxygen atoms in total. The van der Waals surface area contributed by atoms with E-state index in [9.17, 15) is 4.79 Å². The summed E-state index contributed by atoms with van der Waals surface area (Å²) in [5.41, 5.74) is 1.75. The molecular weight excluding hydrogens is 218 g/mol. The minimum absolute atomic E-state index is 0.0322. The SMILES string of the molecule is Cn1nc(C(=O)O)cc1-c1ccccc1C#N. The molecule has 0 aliphatic carbocycles. The Labute approximate surface area is 97.5 Å². The third-order valence-corrected chi connectivity index (χ3v) is 2.42. The largest absolute Gasteiger partial charge is 0.476 e. The molecule has 1 aromatic carbocycles. The summed E-state index contributed by atoms with van der Waals surface area (Å²) < 4.78 is 1.46. The maximum atomic E-state index is 10.8. The maximum Gasteiger partial charge on any atom is 0.356 e. The van der Waals surface area contributed by atoms with E-state index < -0.39 is 5.97 Å². The number of aromatic carboxylic acids is 1. The van der Waals surface area contributed by atoms with E-state index in [0.29, 0.717) is 16.8 Å². The van der Waals surface area contributed by atoms with Crippen LogP contribution in [0, 0.1) is 11.3 Å². The van der Waals surface area contributed by atoms with E-state index in [1.54, 1.807) is 31.3 Å². The standard InChI is InChI=1S/C12H9N3O2/c1-15-11(6-10(14-15)12(16)17)9-5-3-2-4-8(9)7-13/h2-6H,1H3,(H,16,17). The number of hydrogen-bond acceptors (Lipinski definition) is 3. The number of hydrogen-bond donors (Lipinski definition) is 1. The summed E-state index contributed by atoms with van der Waals surface area (Å²) in [7, 11) is 1.65. The Balaban J connectivity index is 2.61. The van der Waals surface area contributed by atoms with Gasteiger partial charge in [0.15, 0.2) is 5.69 Å². The van der Waals surface area contributed by atoms with E-state index in [1.807, 2.05) is 0 Å². The lowest BCUT2D eigenvalue weighted by Crippen LogP contribution is -1.99. The summed E-state index contributed by atoms with van der Waals surface area (Å²) in [6.45, 7) is 0. The highest BCUT2D eigenvalue weighted by atomic mass is 16.4. The number of carboxylic acid groups (broad SMARTS) is 1. The van der Waals surface area contributed by atoms with Gasteiger partial charge in [0.1, 0.15) is 0 Å². The van der Waals surface area contributed by atoms with Gasteiger partial charge in [-0.2, -0.15) is 10.4 Å². The van der Waals surface area contributed by atoms with Gasteiger partial charge in [0.25, 0.3) is 0 Å². The summed E-state index contributed by atoms with van der Waals surface area (Å²) in [5, 5.41) is 21.7. The van der Waals surface area contributed by atoms with E-state index >= 15 is 0 Å². The Morgan fingerprint density at radius 2 is 2.18 bits per heavy atom. The van der Waals surface area contributed by atoms with Crippen molar-refractivity contribution in [3.8, 4) is 17.3 Å². The van der Waals surface area contributed by atoms with Gasteiger partial charge in [0, 0.05) is 12.6 Å². The first-order chi connectivity index (χ1) is 8.13. The van der Waals surface area contributed by atoms with Gasteiger partial charge >= 0.3 is 5.97 Å². The molecule has 0 aliphatic heterocycles. The third-order valence-electron chi connectivity index (χ3n) is 2.42. The molecule has 0 saturated carbocycles. The second kappa shape index (κ2) is 4.10. The minimum Gasteiger partial charge on any atom is -0.476 e. The van der Waals surface area contributed by atoms with Crippen molar-refractivity contribution in [3.63, 3.8) is 0 Å². The molecule has 0 bridgehead atoms. The summed E-state index contributed by atoms with van der Waals surface area (Å²) in [6, 6.07) is 10.5. The number of nitriles is 1. The summed E-state index contributed by atoms with van der Waals surface area (Å²) >= 11 is 0. The predicted molar refractivity (Wildman–Crippen MR) is 60.3 cm³/mol. The maximum absolute atomic E-state index is 10.8. The Bertz CT molecular complexity index is 623. The Morgan fingerprint density at radius 3 is 2.76 bits per heavy atom. The normalized spacial score (nSPS) is 9.88. The highest BCUT2D eigenvalue weighted by Crippen LogP contribution is 2.23. The molecular formula is C12H9N3O2. The van der Waals surface area contributed by atoms with Crippen LogP contribution in [0.4, 0.5) is 0 Å². The van der Waals surface area contributed by atoms with Crippen LogP contribution < -0.4 is 0 Å². The number of nitrogens with zero attached hydrogens (tertiary/aromatic N) is 3. The smallest absolute Gasteiger partial charge is 0.356 e. The van der Waals surface area contributed by atoms with Gasteiger partial charge in [-0.1, -0.05) is 18.2 Å². The molecule has 0 unspecified atom stereocenters. The third kappa shape index (κ3) is 1.88. The minimum atomic E-state index is -1.08. The van der Waals surface area contributed by atoms with Gasteiger partial charge < -0.3 is 5.11 Å². The molecule has 0 atom stereocenters. The van der Waals surface area contributed by atoms with Crippen molar-refractivity contribution in [2.24, 2.45) is 7.05 Å². The van der Waals surface area contributed by atoms with Crippen LogP contribution in [0.2, 0.25) is 0 Å². The fourth-order valence-electron chi connectivity index (χ4n) is 1.63. The molecule has 0 amide bonds. The molecule has 2 rings (SSSR count). The molecule has 1 heterocycles. The summed E-state index contributed by atoms with van der Waals surface area (Å²) in [4.78, 5) is 10.8. The summed E-state index contributed by atoms with van der Waals surface area (Å²) in [5.74, 6) is -1.08. The van der Waals surface area contributed by atoms with Crippen LogP contribution in [0.15, 0.2) is 30.3 Å². The lowest BCUT2D eigenvalue weighted by atomic mass is 10.1. The average Bonchev–Trinajstić information content (AvgIpc) is 2.71. The van der Waals surface area contributed by atoms with E-state index in [0.717, 1.165) is 0 Å². The molecule has 0 saturated heterocycles. The Kier molecular flexibility index (Phi) is 2.63.